The van der Waals surface area contributed by atoms with Crippen LogP contribution in [0.5, 0.6) is 0 Å². The quantitative estimate of drug-likeness (QED) is 0.784. The first kappa shape index (κ1) is 18.8. The average Bonchev–Trinajstić information content (AvgIpc) is 2.55. The summed E-state index contributed by atoms with van der Waals surface area (Å²) in [5.41, 5.74) is -0.280. The monoisotopic (exact) mass is 358 g/mol. The van der Waals surface area contributed by atoms with Gasteiger partial charge in [0.2, 0.25) is 10.0 Å². The summed E-state index contributed by atoms with van der Waals surface area (Å²) >= 11 is 0. The molecule has 6 nitrogen and oxygen atoms in total. The van der Waals surface area contributed by atoms with E-state index in [0.717, 1.165) is 25.0 Å². The molecular weight excluding hydrogens is 335 g/mol. The molecule has 0 atom stereocenters. The highest BCUT2D eigenvalue weighted by Crippen LogP contribution is 2.24. The Morgan fingerprint density at radius 2 is 2.04 bits per heavy atom. The van der Waals surface area contributed by atoms with Crippen molar-refractivity contribution in [3.05, 3.63) is 29.6 Å². The van der Waals surface area contributed by atoms with Gasteiger partial charge in [-0.25, -0.2) is 12.8 Å². The SMILES string of the molecule is COCCNC(=O)c1cc(S(=O)(=O)N2CCC(C)CC2)ccc1F. The lowest BCUT2D eigenvalue weighted by atomic mass is 10.0. The van der Waals surface area contributed by atoms with Crippen LogP contribution in [0.25, 0.3) is 0 Å². The zero-order chi connectivity index (χ0) is 17.7. The zero-order valence-electron chi connectivity index (χ0n) is 13.9. The second-order valence-electron chi connectivity index (χ2n) is 5.98. The summed E-state index contributed by atoms with van der Waals surface area (Å²) in [6.07, 6.45) is 1.59. The predicted molar refractivity (Wildman–Crippen MR) is 87.8 cm³/mol. The third-order valence-electron chi connectivity index (χ3n) is 4.15. The molecule has 0 aromatic heterocycles. The van der Waals surface area contributed by atoms with Crippen LogP contribution in [0.2, 0.25) is 0 Å². The van der Waals surface area contributed by atoms with E-state index < -0.39 is 21.7 Å². The first-order valence-corrected chi connectivity index (χ1v) is 9.37. The minimum Gasteiger partial charge on any atom is -0.383 e. The molecule has 24 heavy (non-hydrogen) atoms. The van der Waals surface area contributed by atoms with Crippen LogP contribution in [0.4, 0.5) is 4.39 Å². The van der Waals surface area contributed by atoms with Gasteiger partial charge >= 0.3 is 0 Å². The molecule has 0 aliphatic carbocycles. The van der Waals surface area contributed by atoms with E-state index >= 15 is 0 Å². The maximum absolute atomic E-state index is 13.9. The fourth-order valence-corrected chi connectivity index (χ4v) is 4.07. The van der Waals surface area contributed by atoms with E-state index in [1.165, 1.54) is 17.5 Å². The number of carbonyl (C=O) groups is 1. The van der Waals surface area contributed by atoms with E-state index in [-0.39, 0.29) is 23.6 Å². The average molecular weight is 358 g/mol. The van der Waals surface area contributed by atoms with E-state index in [0.29, 0.717) is 19.0 Å². The van der Waals surface area contributed by atoms with Crippen LogP contribution in [-0.4, -0.2) is 52.0 Å². The van der Waals surface area contributed by atoms with Crippen molar-refractivity contribution in [2.45, 2.75) is 24.7 Å². The van der Waals surface area contributed by atoms with Crippen LogP contribution >= 0.6 is 0 Å². The molecule has 0 saturated carbocycles. The molecule has 0 bridgehead atoms. The van der Waals surface area contributed by atoms with Crippen molar-refractivity contribution >= 4 is 15.9 Å². The Morgan fingerprint density at radius 3 is 2.67 bits per heavy atom. The van der Waals surface area contributed by atoms with Gasteiger partial charge in [-0.05, 0) is 37.0 Å². The van der Waals surface area contributed by atoms with Gasteiger partial charge in [0, 0.05) is 26.7 Å². The molecule has 1 fully saturated rings. The maximum Gasteiger partial charge on any atom is 0.254 e. The third kappa shape index (κ3) is 4.31. The number of carbonyl (C=O) groups excluding carboxylic acids is 1. The number of halogens is 1. The molecule has 2 rings (SSSR count). The third-order valence-corrected chi connectivity index (χ3v) is 6.05. The highest BCUT2D eigenvalue weighted by molar-refractivity contribution is 7.89. The summed E-state index contributed by atoms with van der Waals surface area (Å²) in [5, 5.41) is 2.49. The van der Waals surface area contributed by atoms with Crippen molar-refractivity contribution in [1.82, 2.24) is 9.62 Å². The minimum atomic E-state index is -3.72. The molecule has 8 heteroatoms. The highest BCUT2D eigenvalue weighted by Gasteiger charge is 2.29. The van der Waals surface area contributed by atoms with Crippen LogP contribution in [0.15, 0.2) is 23.1 Å². The second-order valence-corrected chi connectivity index (χ2v) is 7.91. The molecule has 1 aliphatic rings. The van der Waals surface area contributed by atoms with Gasteiger partial charge in [-0.2, -0.15) is 4.31 Å². The Bertz CT molecular complexity index is 685. The van der Waals surface area contributed by atoms with E-state index in [1.807, 2.05) is 0 Å². The number of piperidine rings is 1. The fraction of sp³-hybridized carbons (Fsp3) is 0.562. The molecule has 0 radical (unpaired) electrons. The van der Waals surface area contributed by atoms with Crippen LogP contribution < -0.4 is 5.32 Å². The number of methoxy groups -OCH3 is 1. The Balaban J connectivity index is 2.21. The van der Waals surface area contributed by atoms with Gasteiger partial charge in [0.05, 0.1) is 17.1 Å². The lowest BCUT2D eigenvalue weighted by Gasteiger charge is -2.29. The standard InChI is InChI=1S/C16H23FN2O4S/c1-12-5-8-19(9-6-12)24(21,22)13-3-4-15(17)14(11-13)16(20)18-7-10-23-2/h3-4,11-12H,5-10H2,1-2H3,(H,18,20). The lowest BCUT2D eigenvalue weighted by molar-refractivity contribution is 0.0933. The highest BCUT2D eigenvalue weighted by atomic mass is 32.2. The minimum absolute atomic E-state index is 0.0599. The fourth-order valence-electron chi connectivity index (χ4n) is 2.58. The molecule has 1 heterocycles. The summed E-state index contributed by atoms with van der Waals surface area (Å²) in [6, 6.07) is 3.32. The Morgan fingerprint density at radius 1 is 1.38 bits per heavy atom. The summed E-state index contributed by atoms with van der Waals surface area (Å²) < 4.78 is 45.5. The van der Waals surface area contributed by atoms with Crippen LogP contribution in [-0.2, 0) is 14.8 Å². The molecule has 1 saturated heterocycles. The largest absolute Gasteiger partial charge is 0.383 e. The predicted octanol–water partition coefficient (Wildman–Crippen LogP) is 1.62. The van der Waals surface area contributed by atoms with Gasteiger partial charge in [-0.15, -0.1) is 0 Å². The van der Waals surface area contributed by atoms with Gasteiger partial charge in [0.15, 0.2) is 0 Å². The number of amides is 1. The van der Waals surface area contributed by atoms with Crippen LogP contribution in [0.1, 0.15) is 30.1 Å². The molecule has 1 aromatic rings. The van der Waals surface area contributed by atoms with Gasteiger partial charge < -0.3 is 10.1 Å². The molecule has 1 amide bonds. The zero-order valence-corrected chi connectivity index (χ0v) is 14.7. The smallest absolute Gasteiger partial charge is 0.254 e. The van der Waals surface area contributed by atoms with Crippen LogP contribution in [0.3, 0.4) is 0 Å². The van der Waals surface area contributed by atoms with Gasteiger partial charge in [-0.3, -0.25) is 4.79 Å². The summed E-state index contributed by atoms with van der Waals surface area (Å²) in [4.78, 5) is 12.0. The van der Waals surface area contributed by atoms with Crippen LogP contribution in [0, 0.1) is 11.7 Å². The van der Waals surface area contributed by atoms with Crippen molar-refractivity contribution in [3.63, 3.8) is 0 Å². The molecule has 1 N–H and O–H groups in total. The lowest BCUT2D eigenvalue weighted by Crippen LogP contribution is -2.38. The van der Waals surface area contributed by atoms with E-state index in [9.17, 15) is 17.6 Å². The molecule has 0 spiro atoms. The second kappa shape index (κ2) is 8.04. The Hall–Kier alpha value is -1.51. The Labute approximate surface area is 142 Å². The molecule has 1 aromatic carbocycles. The number of nitrogens with zero attached hydrogens (tertiary/aromatic N) is 1. The van der Waals surface area contributed by atoms with E-state index in [1.54, 1.807) is 0 Å². The molecule has 134 valence electrons. The molecule has 1 aliphatic heterocycles. The topological polar surface area (TPSA) is 75.7 Å². The molecular formula is C16H23FN2O4S. The number of rotatable bonds is 6. The summed E-state index contributed by atoms with van der Waals surface area (Å²) in [7, 11) is -2.24. The number of benzene rings is 1. The van der Waals surface area contributed by atoms with E-state index in [4.69, 9.17) is 4.74 Å². The van der Waals surface area contributed by atoms with Crippen molar-refractivity contribution < 1.29 is 22.3 Å². The summed E-state index contributed by atoms with van der Waals surface area (Å²) in [6.45, 7) is 3.48. The van der Waals surface area contributed by atoms with E-state index in [2.05, 4.69) is 12.2 Å². The van der Waals surface area contributed by atoms with Gasteiger partial charge in [0.1, 0.15) is 5.82 Å². The van der Waals surface area contributed by atoms with Gasteiger partial charge in [0.25, 0.3) is 5.91 Å². The number of hydrogen-bond donors (Lipinski definition) is 1. The number of ether oxygens (including phenoxy) is 1. The first-order chi connectivity index (χ1) is 11.4. The number of sulfonamides is 1. The maximum atomic E-state index is 13.9. The van der Waals surface area contributed by atoms with Crippen molar-refractivity contribution in [1.29, 1.82) is 0 Å². The summed E-state index contributed by atoms with van der Waals surface area (Å²) in [5.74, 6) is -0.920. The first-order valence-electron chi connectivity index (χ1n) is 7.93. The Kier molecular flexibility index (Phi) is 6.31. The van der Waals surface area contributed by atoms with Crippen molar-refractivity contribution in [3.8, 4) is 0 Å². The number of nitrogens with one attached hydrogen (secondary N) is 1. The van der Waals surface area contributed by atoms with Crippen molar-refractivity contribution in [2.24, 2.45) is 5.92 Å². The molecule has 0 unspecified atom stereocenters. The number of hydrogen-bond acceptors (Lipinski definition) is 4. The van der Waals surface area contributed by atoms with Crippen molar-refractivity contribution in [2.75, 3.05) is 33.4 Å². The van der Waals surface area contributed by atoms with Gasteiger partial charge in [-0.1, -0.05) is 6.92 Å². The normalized spacial score (nSPS) is 17.0.